The normalized spacial score (nSPS) is 22.9. The summed E-state index contributed by atoms with van der Waals surface area (Å²) in [4.78, 5) is 13.9. The predicted octanol–water partition coefficient (Wildman–Crippen LogP) is 3.56. The second-order valence-corrected chi connectivity index (χ2v) is 7.62. The van der Waals surface area contributed by atoms with E-state index in [-0.39, 0.29) is 12.4 Å². The van der Waals surface area contributed by atoms with Gasteiger partial charge in [0.1, 0.15) is 17.2 Å². The molecule has 0 radical (unpaired) electrons. The minimum atomic E-state index is -1.51. The summed E-state index contributed by atoms with van der Waals surface area (Å²) in [7, 11) is 1.45. The molecule has 6 nitrogen and oxygen atoms in total. The summed E-state index contributed by atoms with van der Waals surface area (Å²) in [6, 6.07) is 0. The summed E-state index contributed by atoms with van der Waals surface area (Å²) in [5, 5.41) is 5.31. The molecule has 0 bridgehead atoms. The van der Waals surface area contributed by atoms with Crippen LogP contribution in [0.3, 0.4) is 0 Å². The van der Waals surface area contributed by atoms with Crippen LogP contribution in [-0.4, -0.2) is 42.8 Å². The number of methoxy groups -OCH3 is 1. The lowest BCUT2D eigenvalue weighted by atomic mass is 10.1. The summed E-state index contributed by atoms with van der Waals surface area (Å²) in [6.07, 6.45) is 2.65. The van der Waals surface area contributed by atoms with Crippen LogP contribution in [0.1, 0.15) is 20.8 Å². The van der Waals surface area contributed by atoms with E-state index < -0.39 is 30.0 Å². The predicted molar refractivity (Wildman–Crippen MR) is 97.3 cm³/mol. The van der Waals surface area contributed by atoms with Crippen molar-refractivity contribution in [2.45, 2.75) is 38.9 Å². The van der Waals surface area contributed by atoms with Crippen LogP contribution in [0.25, 0.3) is 0 Å². The van der Waals surface area contributed by atoms with E-state index in [1.54, 1.807) is 20.8 Å². The third-order valence-electron chi connectivity index (χ3n) is 3.43. The third kappa shape index (κ3) is 5.31. The highest BCUT2D eigenvalue weighted by Gasteiger charge is 2.30. The maximum atomic E-state index is 14.0. The number of ether oxygens (including phenoxy) is 2. The number of carbonyl (C=O) groups excluding carboxylic acids is 1. The van der Waals surface area contributed by atoms with Crippen molar-refractivity contribution in [1.29, 1.82) is 0 Å². The molecule has 2 heterocycles. The van der Waals surface area contributed by atoms with Crippen LogP contribution in [0.15, 0.2) is 46.1 Å². The molecule has 0 aromatic rings. The lowest BCUT2D eigenvalue weighted by Gasteiger charge is -2.33. The van der Waals surface area contributed by atoms with Crippen molar-refractivity contribution in [1.82, 2.24) is 15.5 Å². The molecule has 2 N–H and O–H groups in total. The first-order chi connectivity index (χ1) is 12.1. The monoisotopic (exact) mass is 433 g/mol. The molecule has 2 aliphatic rings. The van der Waals surface area contributed by atoms with E-state index in [1.165, 1.54) is 36.4 Å². The minimum Gasteiger partial charge on any atom is -0.443 e. The summed E-state index contributed by atoms with van der Waals surface area (Å²) in [5.74, 6) is -0.310. The van der Waals surface area contributed by atoms with Gasteiger partial charge in [0, 0.05) is 23.4 Å². The lowest BCUT2D eigenvalue weighted by molar-refractivity contribution is 0.0288. The van der Waals surface area contributed by atoms with Crippen molar-refractivity contribution in [3.63, 3.8) is 0 Å². The summed E-state index contributed by atoms with van der Waals surface area (Å²) in [5.41, 5.74) is -0.300. The van der Waals surface area contributed by atoms with Gasteiger partial charge in [-0.15, -0.1) is 0 Å². The molecular formula is C17H22BrF2N3O3. The van der Waals surface area contributed by atoms with Crippen molar-refractivity contribution in [2.75, 3.05) is 13.7 Å². The van der Waals surface area contributed by atoms with Gasteiger partial charge in [-0.2, -0.15) is 0 Å². The molecule has 0 spiro atoms. The van der Waals surface area contributed by atoms with Crippen molar-refractivity contribution in [3.8, 4) is 0 Å². The average Bonchev–Trinajstić information content (AvgIpc) is 2.54. The topological polar surface area (TPSA) is 62.8 Å². The molecule has 0 aromatic carbocycles. The number of nitrogens with one attached hydrogen (secondary N) is 2. The highest BCUT2D eigenvalue weighted by atomic mass is 79.9. The number of allylic oxidation sites excluding steroid dienone is 4. The highest BCUT2D eigenvalue weighted by molar-refractivity contribution is 9.11. The summed E-state index contributed by atoms with van der Waals surface area (Å²) < 4.78 is 38.6. The van der Waals surface area contributed by atoms with Gasteiger partial charge in [0.25, 0.3) is 0 Å². The Labute approximate surface area is 159 Å². The maximum Gasteiger partial charge on any atom is 0.416 e. The van der Waals surface area contributed by atoms with Crippen LogP contribution < -0.4 is 10.6 Å². The largest absolute Gasteiger partial charge is 0.443 e. The Bertz CT molecular complexity index is 683. The van der Waals surface area contributed by atoms with Gasteiger partial charge >= 0.3 is 6.09 Å². The molecule has 2 atom stereocenters. The standard InChI is InChI=1S/C17H22BrF2N3O3/c1-17(2,3)26-16(24)23(13-6-5-12(18)14(20)22-13)9-10-7-11(19)8-21-15(10)25-4/h5-8,14-15,21-22H,9H2,1-4H3. The average molecular weight is 434 g/mol. The SMILES string of the molecule is COC1NC=C(F)C=C1CN(C(=O)OC(C)(C)C)C1=CC=C(Br)C(F)N1. The Kier molecular flexibility index (Phi) is 6.46. The number of hydrogen-bond acceptors (Lipinski definition) is 5. The number of alkyl halides is 1. The zero-order chi connectivity index (χ0) is 19.5. The quantitative estimate of drug-likeness (QED) is 0.663. The molecule has 0 saturated carbocycles. The van der Waals surface area contributed by atoms with Crippen molar-refractivity contribution < 1.29 is 23.0 Å². The first-order valence-electron chi connectivity index (χ1n) is 7.94. The Morgan fingerprint density at radius 3 is 2.65 bits per heavy atom. The molecule has 0 saturated heterocycles. The van der Waals surface area contributed by atoms with Gasteiger partial charge in [0.05, 0.1) is 6.54 Å². The molecule has 2 rings (SSSR count). The molecule has 144 valence electrons. The molecule has 0 aromatic heterocycles. The third-order valence-corrected chi connectivity index (χ3v) is 4.10. The van der Waals surface area contributed by atoms with Gasteiger partial charge in [0.15, 0.2) is 6.23 Å². The van der Waals surface area contributed by atoms with E-state index in [0.717, 1.165) is 0 Å². The number of nitrogens with zero attached hydrogens (tertiary/aromatic N) is 1. The molecule has 2 unspecified atom stereocenters. The number of rotatable bonds is 4. The Balaban J connectivity index is 2.32. The van der Waals surface area contributed by atoms with Crippen LogP contribution in [0, 0.1) is 0 Å². The molecule has 0 fully saturated rings. The summed E-state index contributed by atoms with van der Waals surface area (Å²) >= 11 is 3.09. The second-order valence-electron chi connectivity index (χ2n) is 6.71. The van der Waals surface area contributed by atoms with Crippen LogP contribution in [0.2, 0.25) is 0 Å². The smallest absolute Gasteiger partial charge is 0.416 e. The second kappa shape index (κ2) is 8.22. The number of amides is 1. The fraction of sp³-hybridized carbons (Fsp3) is 0.471. The van der Waals surface area contributed by atoms with Crippen LogP contribution in [0.4, 0.5) is 13.6 Å². The Morgan fingerprint density at radius 2 is 2.08 bits per heavy atom. The van der Waals surface area contributed by atoms with Gasteiger partial charge in [-0.1, -0.05) is 15.9 Å². The van der Waals surface area contributed by atoms with Crippen molar-refractivity contribution in [2.24, 2.45) is 0 Å². The van der Waals surface area contributed by atoms with Gasteiger partial charge in [-0.3, -0.25) is 4.90 Å². The first kappa shape index (κ1) is 20.4. The molecular weight excluding hydrogens is 412 g/mol. The van der Waals surface area contributed by atoms with Gasteiger partial charge in [-0.25, -0.2) is 13.6 Å². The van der Waals surface area contributed by atoms with Gasteiger partial charge in [0.2, 0.25) is 6.30 Å². The van der Waals surface area contributed by atoms with Crippen molar-refractivity contribution in [3.05, 3.63) is 46.1 Å². The maximum absolute atomic E-state index is 14.0. The first-order valence-corrected chi connectivity index (χ1v) is 8.73. The zero-order valence-electron chi connectivity index (χ0n) is 15.0. The molecule has 0 aliphatic carbocycles. The molecule has 2 aliphatic heterocycles. The minimum absolute atomic E-state index is 0.0569. The van der Waals surface area contributed by atoms with E-state index in [9.17, 15) is 13.6 Å². The van der Waals surface area contributed by atoms with Crippen LogP contribution >= 0.6 is 15.9 Å². The number of hydrogen-bond donors (Lipinski definition) is 2. The van der Waals surface area contributed by atoms with Crippen molar-refractivity contribution >= 4 is 22.0 Å². The zero-order valence-corrected chi connectivity index (χ0v) is 16.6. The number of dihydropyridines is 2. The molecule has 1 amide bonds. The fourth-order valence-electron chi connectivity index (χ4n) is 2.31. The lowest BCUT2D eigenvalue weighted by Crippen LogP contribution is -2.46. The van der Waals surface area contributed by atoms with Crippen LogP contribution in [0.5, 0.6) is 0 Å². The number of halogens is 3. The van der Waals surface area contributed by atoms with E-state index in [0.29, 0.717) is 10.1 Å². The van der Waals surface area contributed by atoms with E-state index in [4.69, 9.17) is 9.47 Å². The van der Waals surface area contributed by atoms with E-state index in [1.807, 2.05) is 0 Å². The molecule has 9 heteroatoms. The number of carbonyl (C=O) groups is 1. The van der Waals surface area contributed by atoms with Crippen LogP contribution in [-0.2, 0) is 9.47 Å². The van der Waals surface area contributed by atoms with E-state index in [2.05, 4.69) is 26.6 Å². The van der Waals surface area contributed by atoms with E-state index >= 15 is 0 Å². The Hall–Kier alpha value is -1.87. The molecule has 26 heavy (non-hydrogen) atoms. The fourth-order valence-corrected chi connectivity index (χ4v) is 2.56. The highest BCUT2D eigenvalue weighted by Crippen LogP contribution is 2.24. The van der Waals surface area contributed by atoms with Gasteiger partial charge < -0.3 is 20.1 Å². The Morgan fingerprint density at radius 1 is 1.38 bits per heavy atom. The summed E-state index contributed by atoms with van der Waals surface area (Å²) in [6.45, 7) is 5.12. The van der Waals surface area contributed by atoms with Gasteiger partial charge in [-0.05, 0) is 39.0 Å².